The normalized spacial score (nSPS) is 17.3. The Morgan fingerprint density at radius 2 is 1.61 bits per heavy atom. The highest BCUT2D eigenvalue weighted by molar-refractivity contribution is 6.51. The first-order valence-electron chi connectivity index (χ1n) is 9.90. The number of anilines is 1. The summed E-state index contributed by atoms with van der Waals surface area (Å²) in [7, 11) is 2.82. The van der Waals surface area contributed by atoms with Crippen molar-refractivity contribution in [1.82, 2.24) is 0 Å². The molecule has 1 N–H and O–H groups in total. The predicted molar refractivity (Wildman–Crippen MR) is 117 cm³/mol. The third-order valence-corrected chi connectivity index (χ3v) is 5.38. The molecule has 6 nitrogen and oxygen atoms in total. The molecule has 0 spiro atoms. The molecule has 1 atom stereocenters. The number of ether oxygens (including phenoxy) is 2. The van der Waals surface area contributed by atoms with E-state index in [4.69, 9.17) is 9.47 Å². The van der Waals surface area contributed by atoms with E-state index in [9.17, 15) is 23.5 Å². The summed E-state index contributed by atoms with van der Waals surface area (Å²) in [5.74, 6) is -3.19. The highest BCUT2D eigenvalue weighted by Crippen LogP contribution is 2.43. The Hall–Kier alpha value is -4.20. The molecule has 4 rings (SSSR count). The fourth-order valence-electron chi connectivity index (χ4n) is 3.84. The van der Waals surface area contributed by atoms with E-state index in [1.807, 2.05) is 0 Å². The topological polar surface area (TPSA) is 76.1 Å². The van der Waals surface area contributed by atoms with Crippen LogP contribution < -0.4 is 14.4 Å². The van der Waals surface area contributed by atoms with Crippen molar-refractivity contribution in [3.05, 3.63) is 95.1 Å². The van der Waals surface area contributed by atoms with Gasteiger partial charge in [-0.25, -0.2) is 8.78 Å². The summed E-state index contributed by atoms with van der Waals surface area (Å²) in [5, 5.41) is 11.1. The number of Topliss-reactive ketones (excluding diaryl/α,β-unsaturated/α-hetero) is 1. The van der Waals surface area contributed by atoms with Crippen LogP contribution in [0.4, 0.5) is 14.5 Å². The number of benzene rings is 3. The Morgan fingerprint density at radius 3 is 2.24 bits per heavy atom. The molecule has 1 saturated heterocycles. The standard InChI is InChI=1S/C25H19F2NO5/c1-32-18-9-6-14(7-10-18)22-21(23(29)19-13-16(27)8-11-20(19)33-2)24(30)25(31)28(22)17-5-3-4-15(26)12-17/h3-13,22,29H,1-2H3/b23-21+. The molecule has 1 heterocycles. The number of hydrogen-bond donors (Lipinski definition) is 1. The summed E-state index contributed by atoms with van der Waals surface area (Å²) in [6, 6.07) is 14.1. The van der Waals surface area contributed by atoms with Gasteiger partial charge in [-0.3, -0.25) is 14.5 Å². The average Bonchev–Trinajstić information content (AvgIpc) is 3.09. The number of aliphatic hydroxyl groups is 1. The summed E-state index contributed by atoms with van der Waals surface area (Å²) in [4.78, 5) is 27.3. The predicted octanol–water partition coefficient (Wildman–Crippen LogP) is 4.61. The molecule has 168 valence electrons. The Bertz CT molecular complexity index is 1270. The first-order chi connectivity index (χ1) is 15.8. The lowest BCUT2D eigenvalue weighted by atomic mass is 9.94. The molecule has 1 aliphatic rings. The molecule has 1 aliphatic heterocycles. The quantitative estimate of drug-likeness (QED) is 0.348. The molecule has 0 aliphatic carbocycles. The second kappa shape index (κ2) is 8.74. The van der Waals surface area contributed by atoms with Gasteiger partial charge in [0.1, 0.15) is 28.9 Å². The van der Waals surface area contributed by atoms with Crippen LogP contribution in [0.3, 0.4) is 0 Å². The molecular weight excluding hydrogens is 432 g/mol. The molecule has 3 aromatic carbocycles. The molecule has 8 heteroatoms. The zero-order valence-corrected chi connectivity index (χ0v) is 17.7. The van der Waals surface area contributed by atoms with Crippen molar-refractivity contribution in [3.63, 3.8) is 0 Å². The summed E-state index contributed by atoms with van der Waals surface area (Å²) in [6.45, 7) is 0. The van der Waals surface area contributed by atoms with Crippen LogP contribution in [0.5, 0.6) is 11.5 Å². The van der Waals surface area contributed by atoms with E-state index in [2.05, 4.69) is 0 Å². The monoisotopic (exact) mass is 451 g/mol. The minimum atomic E-state index is -1.11. The molecule has 0 saturated carbocycles. The number of amides is 1. The van der Waals surface area contributed by atoms with Crippen LogP contribution in [0.25, 0.3) is 5.76 Å². The van der Waals surface area contributed by atoms with E-state index in [1.54, 1.807) is 24.3 Å². The maximum Gasteiger partial charge on any atom is 0.300 e. The van der Waals surface area contributed by atoms with Crippen molar-refractivity contribution in [3.8, 4) is 11.5 Å². The second-order valence-electron chi connectivity index (χ2n) is 7.27. The molecule has 1 unspecified atom stereocenters. The summed E-state index contributed by atoms with van der Waals surface area (Å²) in [5.41, 5.74) is 0.214. The minimum Gasteiger partial charge on any atom is -0.507 e. The van der Waals surface area contributed by atoms with Gasteiger partial charge in [-0.2, -0.15) is 0 Å². The molecule has 0 bridgehead atoms. The van der Waals surface area contributed by atoms with E-state index in [0.29, 0.717) is 11.3 Å². The smallest absolute Gasteiger partial charge is 0.300 e. The van der Waals surface area contributed by atoms with Crippen molar-refractivity contribution >= 4 is 23.1 Å². The molecule has 1 fully saturated rings. The molecular formula is C25H19F2NO5. The van der Waals surface area contributed by atoms with E-state index >= 15 is 0 Å². The third kappa shape index (κ3) is 3.91. The SMILES string of the molecule is COc1ccc(C2/C(=C(\O)c3cc(F)ccc3OC)C(=O)C(=O)N2c2cccc(F)c2)cc1. The Balaban J connectivity index is 1.98. The van der Waals surface area contributed by atoms with Crippen molar-refractivity contribution in [2.45, 2.75) is 6.04 Å². The zero-order chi connectivity index (χ0) is 23.7. The lowest BCUT2D eigenvalue weighted by Gasteiger charge is -2.25. The summed E-state index contributed by atoms with van der Waals surface area (Å²) < 4.78 is 38.3. The maximum absolute atomic E-state index is 14.0. The van der Waals surface area contributed by atoms with Gasteiger partial charge in [0.15, 0.2) is 0 Å². The number of rotatable bonds is 5. The van der Waals surface area contributed by atoms with Crippen LogP contribution in [0, 0.1) is 11.6 Å². The second-order valence-corrected chi connectivity index (χ2v) is 7.27. The van der Waals surface area contributed by atoms with E-state index in [0.717, 1.165) is 23.1 Å². The van der Waals surface area contributed by atoms with Crippen LogP contribution in [0.15, 0.2) is 72.3 Å². The van der Waals surface area contributed by atoms with Gasteiger partial charge in [-0.1, -0.05) is 18.2 Å². The number of nitrogens with zero attached hydrogens (tertiary/aromatic N) is 1. The molecule has 0 aromatic heterocycles. The molecule has 1 amide bonds. The van der Waals surface area contributed by atoms with Gasteiger partial charge in [-0.05, 0) is 54.1 Å². The highest BCUT2D eigenvalue weighted by Gasteiger charge is 2.47. The lowest BCUT2D eigenvalue weighted by Crippen LogP contribution is -2.29. The first-order valence-corrected chi connectivity index (χ1v) is 9.90. The van der Waals surface area contributed by atoms with Gasteiger partial charge in [-0.15, -0.1) is 0 Å². The highest BCUT2D eigenvalue weighted by atomic mass is 19.1. The number of aliphatic hydroxyl groups excluding tert-OH is 1. The van der Waals surface area contributed by atoms with Gasteiger partial charge < -0.3 is 14.6 Å². The van der Waals surface area contributed by atoms with E-state index in [-0.39, 0.29) is 22.6 Å². The number of ketones is 1. The van der Waals surface area contributed by atoms with Gasteiger partial charge in [0.2, 0.25) is 0 Å². The summed E-state index contributed by atoms with van der Waals surface area (Å²) >= 11 is 0. The zero-order valence-electron chi connectivity index (χ0n) is 17.7. The Kier molecular flexibility index (Phi) is 5.83. The van der Waals surface area contributed by atoms with Crippen molar-refractivity contribution in [1.29, 1.82) is 0 Å². The van der Waals surface area contributed by atoms with Crippen molar-refractivity contribution in [2.75, 3.05) is 19.1 Å². The van der Waals surface area contributed by atoms with E-state index < -0.39 is 35.1 Å². The first kappa shape index (κ1) is 22.0. The van der Waals surface area contributed by atoms with Gasteiger partial charge in [0.05, 0.1) is 31.4 Å². The fourth-order valence-corrected chi connectivity index (χ4v) is 3.84. The van der Waals surface area contributed by atoms with Crippen LogP contribution in [0.2, 0.25) is 0 Å². The van der Waals surface area contributed by atoms with Gasteiger partial charge >= 0.3 is 0 Å². The largest absolute Gasteiger partial charge is 0.507 e. The number of methoxy groups -OCH3 is 2. The van der Waals surface area contributed by atoms with Crippen LogP contribution in [0.1, 0.15) is 17.2 Å². The number of carbonyl (C=O) groups is 2. The minimum absolute atomic E-state index is 0.0896. The summed E-state index contributed by atoms with van der Waals surface area (Å²) in [6.07, 6.45) is 0. The number of halogens is 2. The maximum atomic E-state index is 14.0. The van der Waals surface area contributed by atoms with E-state index in [1.165, 1.54) is 38.5 Å². The van der Waals surface area contributed by atoms with Crippen LogP contribution in [-0.4, -0.2) is 31.0 Å². The molecule has 33 heavy (non-hydrogen) atoms. The van der Waals surface area contributed by atoms with Gasteiger partial charge in [0.25, 0.3) is 11.7 Å². The van der Waals surface area contributed by atoms with Crippen LogP contribution in [-0.2, 0) is 9.59 Å². The lowest BCUT2D eigenvalue weighted by molar-refractivity contribution is -0.132. The Labute approximate surface area is 188 Å². The van der Waals surface area contributed by atoms with Crippen molar-refractivity contribution < 1.29 is 33.0 Å². The van der Waals surface area contributed by atoms with Crippen molar-refractivity contribution in [2.24, 2.45) is 0 Å². The molecule has 3 aromatic rings. The fraction of sp³-hybridized carbons (Fsp3) is 0.120. The number of hydrogen-bond acceptors (Lipinski definition) is 5. The van der Waals surface area contributed by atoms with Crippen LogP contribution >= 0.6 is 0 Å². The molecule has 0 radical (unpaired) electrons. The Morgan fingerprint density at radius 1 is 0.909 bits per heavy atom. The third-order valence-electron chi connectivity index (χ3n) is 5.38. The number of carbonyl (C=O) groups excluding carboxylic acids is 2. The average molecular weight is 451 g/mol. The van der Waals surface area contributed by atoms with Gasteiger partial charge in [0, 0.05) is 5.69 Å².